The third-order valence-corrected chi connectivity index (χ3v) is 5.77. The van der Waals surface area contributed by atoms with Crippen LogP contribution in [0.2, 0.25) is 0 Å². The van der Waals surface area contributed by atoms with Crippen LogP contribution in [0.4, 0.5) is 0 Å². The van der Waals surface area contributed by atoms with E-state index < -0.39 is 0 Å². The van der Waals surface area contributed by atoms with Crippen molar-refractivity contribution in [2.24, 2.45) is 0 Å². The SMILES string of the molecule is O=C1N[C@H]2CCCN(C(=O)c3ccccn3)[C@H]2CCCCCOc2ccccc21. The third-order valence-electron chi connectivity index (χ3n) is 5.77. The summed E-state index contributed by atoms with van der Waals surface area (Å²) in [4.78, 5) is 32.3. The lowest BCUT2D eigenvalue weighted by Gasteiger charge is -2.42. The van der Waals surface area contributed by atoms with E-state index in [9.17, 15) is 9.59 Å². The zero-order chi connectivity index (χ0) is 20.1. The molecule has 1 saturated heterocycles. The Morgan fingerprint density at radius 1 is 1.03 bits per heavy atom. The smallest absolute Gasteiger partial charge is 0.272 e. The summed E-state index contributed by atoms with van der Waals surface area (Å²) < 4.78 is 5.85. The van der Waals surface area contributed by atoms with E-state index in [0.29, 0.717) is 30.2 Å². The predicted molar refractivity (Wildman–Crippen MR) is 110 cm³/mol. The van der Waals surface area contributed by atoms with Crippen LogP contribution >= 0.6 is 0 Å². The van der Waals surface area contributed by atoms with Crippen LogP contribution in [0.5, 0.6) is 5.75 Å². The monoisotopic (exact) mass is 393 g/mol. The Morgan fingerprint density at radius 3 is 2.76 bits per heavy atom. The normalized spacial score (nSPS) is 22.8. The average molecular weight is 393 g/mol. The van der Waals surface area contributed by atoms with Gasteiger partial charge in [0.05, 0.1) is 18.2 Å². The second kappa shape index (κ2) is 9.07. The molecule has 0 saturated carbocycles. The molecule has 1 aromatic carbocycles. The van der Waals surface area contributed by atoms with Crippen molar-refractivity contribution in [3.8, 4) is 5.75 Å². The molecule has 29 heavy (non-hydrogen) atoms. The quantitative estimate of drug-likeness (QED) is 0.806. The molecule has 2 aliphatic rings. The van der Waals surface area contributed by atoms with Gasteiger partial charge in [-0.05, 0) is 56.4 Å². The number of carbonyl (C=O) groups is 2. The highest BCUT2D eigenvalue weighted by molar-refractivity contribution is 5.97. The number of nitrogens with one attached hydrogen (secondary N) is 1. The van der Waals surface area contributed by atoms with Crippen molar-refractivity contribution in [3.05, 3.63) is 59.9 Å². The highest BCUT2D eigenvalue weighted by Gasteiger charge is 2.36. The molecule has 0 unspecified atom stereocenters. The number of ether oxygens (including phenoxy) is 1. The van der Waals surface area contributed by atoms with Gasteiger partial charge < -0.3 is 15.0 Å². The molecule has 0 bridgehead atoms. The largest absolute Gasteiger partial charge is 0.493 e. The maximum Gasteiger partial charge on any atom is 0.272 e. The minimum Gasteiger partial charge on any atom is -0.493 e. The van der Waals surface area contributed by atoms with Gasteiger partial charge in [-0.3, -0.25) is 14.6 Å². The van der Waals surface area contributed by atoms with Crippen molar-refractivity contribution in [1.82, 2.24) is 15.2 Å². The molecule has 1 aromatic heterocycles. The summed E-state index contributed by atoms with van der Waals surface area (Å²) >= 11 is 0. The fourth-order valence-corrected chi connectivity index (χ4v) is 4.31. The Kier molecular flexibility index (Phi) is 6.08. The van der Waals surface area contributed by atoms with Crippen LogP contribution in [0.15, 0.2) is 48.7 Å². The zero-order valence-electron chi connectivity index (χ0n) is 16.5. The highest BCUT2D eigenvalue weighted by Crippen LogP contribution is 2.26. The summed E-state index contributed by atoms with van der Waals surface area (Å²) in [6.45, 7) is 1.29. The first kappa shape index (κ1) is 19.4. The van der Waals surface area contributed by atoms with Crippen molar-refractivity contribution in [2.75, 3.05) is 13.2 Å². The number of nitrogens with zero attached hydrogens (tertiary/aromatic N) is 2. The number of rotatable bonds is 1. The number of amides is 2. The van der Waals surface area contributed by atoms with Crippen molar-refractivity contribution < 1.29 is 14.3 Å². The summed E-state index contributed by atoms with van der Waals surface area (Å²) in [5.41, 5.74) is 1.02. The van der Waals surface area contributed by atoms with Crippen molar-refractivity contribution in [2.45, 2.75) is 50.6 Å². The van der Waals surface area contributed by atoms with Crippen LogP contribution < -0.4 is 10.1 Å². The Hall–Kier alpha value is -2.89. The van der Waals surface area contributed by atoms with Gasteiger partial charge in [0.1, 0.15) is 11.4 Å². The second-order valence-electron chi connectivity index (χ2n) is 7.70. The van der Waals surface area contributed by atoms with E-state index in [2.05, 4.69) is 10.3 Å². The van der Waals surface area contributed by atoms with E-state index in [-0.39, 0.29) is 23.9 Å². The minimum atomic E-state index is -0.136. The van der Waals surface area contributed by atoms with E-state index in [1.165, 1.54) is 0 Å². The summed E-state index contributed by atoms with van der Waals surface area (Å²) in [6, 6.07) is 12.7. The van der Waals surface area contributed by atoms with Crippen molar-refractivity contribution in [1.29, 1.82) is 0 Å². The van der Waals surface area contributed by atoms with Gasteiger partial charge in [-0.25, -0.2) is 0 Å². The lowest BCUT2D eigenvalue weighted by atomic mass is 9.90. The molecule has 6 nitrogen and oxygen atoms in total. The van der Waals surface area contributed by atoms with Crippen LogP contribution in [-0.4, -0.2) is 46.9 Å². The number of benzene rings is 1. The number of likely N-dealkylation sites (tertiary alicyclic amines) is 1. The predicted octanol–water partition coefficient (Wildman–Crippen LogP) is 3.44. The molecule has 1 N–H and O–H groups in total. The first-order chi connectivity index (χ1) is 14.2. The van der Waals surface area contributed by atoms with Crippen LogP contribution in [0.25, 0.3) is 0 Å². The van der Waals surface area contributed by atoms with Gasteiger partial charge in [-0.1, -0.05) is 24.6 Å². The lowest BCUT2D eigenvalue weighted by Crippen LogP contribution is -2.57. The topological polar surface area (TPSA) is 71.5 Å². The number of piperidine rings is 1. The third kappa shape index (κ3) is 4.42. The van der Waals surface area contributed by atoms with Gasteiger partial charge in [0.2, 0.25) is 0 Å². The van der Waals surface area contributed by atoms with Crippen molar-refractivity contribution in [3.63, 3.8) is 0 Å². The fourth-order valence-electron chi connectivity index (χ4n) is 4.31. The maximum absolute atomic E-state index is 13.1. The van der Waals surface area contributed by atoms with E-state index in [1.54, 1.807) is 18.3 Å². The number of hydrogen-bond donors (Lipinski definition) is 1. The molecule has 0 spiro atoms. The first-order valence-corrected chi connectivity index (χ1v) is 10.5. The number of pyridine rings is 1. The number of carbonyl (C=O) groups excluding carboxylic acids is 2. The Bertz CT molecular complexity index is 855. The number of aromatic nitrogens is 1. The standard InChI is InChI=1S/C23H27N3O3/c27-22-17-9-3-4-13-21(17)29-16-7-1-2-12-20-18(25-22)11-8-15-26(20)23(28)19-10-5-6-14-24-19/h3-6,9-10,13-14,18,20H,1-2,7-8,11-12,15-16H2,(H,25,27)/t18-,20-/m0/s1. The van der Waals surface area contributed by atoms with Crippen molar-refractivity contribution >= 4 is 11.8 Å². The molecule has 6 heteroatoms. The minimum absolute atomic E-state index is 0.0188. The second-order valence-corrected chi connectivity index (χ2v) is 7.70. The van der Waals surface area contributed by atoms with E-state index in [4.69, 9.17) is 4.74 Å². The molecule has 2 aromatic rings. The molecule has 3 heterocycles. The summed E-state index contributed by atoms with van der Waals surface area (Å²) in [5, 5.41) is 3.20. The highest BCUT2D eigenvalue weighted by atomic mass is 16.5. The van der Waals surface area contributed by atoms with Gasteiger partial charge in [-0.2, -0.15) is 0 Å². The van der Waals surface area contributed by atoms with E-state index in [0.717, 1.165) is 38.5 Å². The first-order valence-electron chi connectivity index (χ1n) is 10.5. The van der Waals surface area contributed by atoms with Crippen LogP contribution in [0, 0.1) is 0 Å². The number of hydrogen-bond acceptors (Lipinski definition) is 4. The molecule has 1 fully saturated rings. The van der Waals surface area contributed by atoms with Gasteiger partial charge in [0, 0.05) is 18.8 Å². The molecule has 2 aliphatic heterocycles. The molecular formula is C23H27N3O3. The van der Waals surface area contributed by atoms with Gasteiger partial charge in [0.25, 0.3) is 11.8 Å². The Morgan fingerprint density at radius 2 is 1.90 bits per heavy atom. The summed E-state index contributed by atoms with van der Waals surface area (Å²) in [7, 11) is 0. The Balaban J connectivity index is 1.60. The molecular weight excluding hydrogens is 366 g/mol. The van der Waals surface area contributed by atoms with E-state index in [1.807, 2.05) is 35.2 Å². The summed E-state index contributed by atoms with van der Waals surface area (Å²) in [6.07, 6.45) is 7.20. The number of para-hydroxylation sites is 1. The van der Waals surface area contributed by atoms with Gasteiger partial charge >= 0.3 is 0 Å². The Labute approximate surface area is 171 Å². The summed E-state index contributed by atoms with van der Waals surface area (Å²) in [5.74, 6) is 0.438. The number of fused-ring (bicyclic) bond motifs is 2. The molecule has 2 atom stereocenters. The fraction of sp³-hybridized carbons (Fsp3) is 0.435. The average Bonchev–Trinajstić information content (AvgIpc) is 2.76. The van der Waals surface area contributed by atoms with E-state index >= 15 is 0 Å². The van der Waals surface area contributed by atoms with Crippen LogP contribution in [0.3, 0.4) is 0 Å². The van der Waals surface area contributed by atoms with Crippen LogP contribution in [0.1, 0.15) is 59.4 Å². The molecule has 2 amide bonds. The van der Waals surface area contributed by atoms with Crippen LogP contribution in [-0.2, 0) is 0 Å². The molecule has 152 valence electrons. The molecule has 0 aliphatic carbocycles. The molecule has 0 radical (unpaired) electrons. The lowest BCUT2D eigenvalue weighted by molar-refractivity contribution is 0.0499. The molecule has 4 rings (SSSR count). The zero-order valence-corrected chi connectivity index (χ0v) is 16.5. The van der Waals surface area contributed by atoms with Gasteiger partial charge in [-0.15, -0.1) is 0 Å². The van der Waals surface area contributed by atoms with Gasteiger partial charge in [0.15, 0.2) is 0 Å². The maximum atomic E-state index is 13.1.